The van der Waals surface area contributed by atoms with Gasteiger partial charge in [-0.3, -0.25) is 4.79 Å². The number of nitrogens with zero attached hydrogens (tertiary/aromatic N) is 2. The molecule has 0 aliphatic heterocycles. The van der Waals surface area contributed by atoms with Gasteiger partial charge in [-0.15, -0.1) is 0 Å². The van der Waals surface area contributed by atoms with Crippen LogP contribution in [0.25, 0.3) is 11.4 Å². The standard InChI is InChI=1S/C21H21FN2O4/c1-13-8-9-16(12-17(13)22)20-23-21(28-24-20)15(3)27-19(25)10-11-26-18-7-5-4-6-14(18)2/h4-9,12,15H,10-11H2,1-3H3. The van der Waals surface area contributed by atoms with Crippen molar-refractivity contribution in [2.24, 2.45) is 0 Å². The Morgan fingerprint density at radius 1 is 1.18 bits per heavy atom. The van der Waals surface area contributed by atoms with Gasteiger partial charge >= 0.3 is 5.97 Å². The number of hydrogen-bond donors (Lipinski definition) is 0. The van der Waals surface area contributed by atoms with Crippen LogP contribution in [-0.4, -0.2) is 22.7 Å². The highest BCUT2D eigenvalue weighted by Crippen LogP contribution is 2.23. The fraction of sp³-hybridized carbons (Fsp3) is 0.286. The lowest BCUT2D eigenvalue weighted by molar-refractivity contribution is -0.150. The van der Waals surface area contributed by atoms with E-state index < -0.39 is 12.1 Å². The van der Waals surface area contributed by atoms with Crippen LogP contribution in [0.15, 0.2) is 47.0 Å². The zero-order chi connectivity index (χ0) is 20.1. The summed E-state index contributed by atoms with van der Waals surface area (Å²) < 4.78 is 29.7. The predicted octanol–water partition coefficient (Wildman–Crippen LogP) is 4.57. The van der Waals surface area contributed by atoms with Crippen LogP contribution in [0.1, 0.15) is 36.5 Å². The van der Waals surface area contributed by atoms with Crippen LogP contribution in [0.2, 0.25) is 0 Å². The van der Waals surface area contributed by atoms with Gasteiger partial charge in [-0.25, -0.2) is 4.39 Å². The molecule has 0 N–H and O–H groups in total. The van der Waals surface area contributed by atoms with Crippen LogP contribution in [0.5, 0.6) is 5.75 Å². The maximum atomic E-state index is 13.7. The molecule has 28 heavy (non-hydrogen) atoms. The van der Waals surface area contributed by atoms with Crippen LogP contribution < -0.4 is 4.74 Å². The highest BCUT2D eigenvalue weighted by molar-refractivity contribution is 5.69. The Balaban J connectivity index is 1.53. The van der Waals surface area contributed by atoms with Crippen LogP contribution in [-0.2, 0) is 9.53 Å². The number of halogens is 1. The van der Waals surface area contributed by atoms with Gasteiger partial charge in [-0.1, -0.05) is 35.5 Å². The lowest BCUT2D eigenvalue weighted by atomic mass is 10.1. The van der Waals surface area contributed by atoms with Gasteiger partial charge in [-0.05, 0) is 44.0 Å². The lowest BCUT2D eigenvalue weighted by Crippen LogP contribution is -2.13. The lowest BCUT2D eigenvalue weighted by Gasteiger charge is -2.11. The molecule has 0 spiro atoms. The first kappa shape index (κ1) is 19.5. The molecule has 6 nitrogen and oxygen atoms in total. The Morgan fingerprint density at radius 2 is 1.96 bits per heavy atom. The number of aryl methyl sites for hydroxylation is 2. The molecule has 0 bridgehead atoms. The average molecular weight is 384 g/mol. The molecule has 7 heteroatoms. The van der Waals surface area contributed by atoms with Gasteiger partial charge in [0.15, 0.2) is 6.10 Å². The highest BCUT2D eigenvalue weighted by Gasteiger charge is 2.19. The summed E-state index contributed by atoms with van der Waals surface area (Å²) in [5.74, 6) is 0.318. The molecule has 0 radical (unpaired) electrons. The average Bonchev–Trinajstić information content (AvgIpc) is 3.16. The summed E-state index contributed by atoms with van der Waals surface area (Å²) in [6, 6.07) is 12.2. The number of carbonyl (C=O) groups is 1. The van der Waals surface area contributed by atoms with Gasteiger partial charge < -0.3 is 14.0 Å². The number of benzene rings is 2. The molecule has 2 aromatic carbocycles. The first-order chi connectivity index (χ1) is 13.4. The summed E-state index contributed by atoms with van der Waals surface area (Å²) in [6.45, 7) is 5.44. The maximum Gasteiger partial charge on any atom is 0.310 e. The van der Waals surface area contributed by atoms with Crippen LogP contribution >= 0.6 is 0 Å². The summed E-state index contributed by atoms with van der Waals surface area (Å²) >= 11 is 0. The van der Waals surface area contributed by atoms with Crippen LogP contribution in [0.4, 0.5) is 4.39 Å². The molecular weight excluding hydrogens is 363 g/mol. The topological polar surface area (TPSA) is 74.5 Å². The minimum Gasteiger partial charge on any atom is -0.493 e. The van der Waals surface area contributed by atoms with E-state index in [9.17, 15) is 9.18 Å². The Bertz CT molecular complexity index is 971. The molecule has 0 fully saturated rings. The Morgan fingerprint density at radius 3 is 2.71 bits per heavy atom. The van der Waals surface area contributed by atoms with Crippen molar-refractivity contribution in [3.05, 3.63) is 65.3 Å². The van der Waals surface area contributed by atoms with Crippen molar-refractivity contribution in [3.63, 3.8) is 0 Å². The Kier molecular flexibility index (Phi) is 6.03. The second-order valence-corrected chi connectivity index (χ2v) is 6.42. The Hall–Kier alpha value is -3.22. The fourth-order valence-corrected chi connectivity index (χ4v) is 2.52. The first-order valence-electron chi connectivity index (χ1n) is 8.92. The zero-order valence-electron chi connectivity index (χ0n) is 15.9. The van der Waals surface area contributed by atoms with Crippen molar-refractivity contribution in [2.45, 2.75) is 33.3 Å². The SMILES string of the molecule is Cc1ccc(-c2noc(C(C)OC(=O)CCOc3ccccc3C)n2)cc1F. The molecule has 0 saturated heterocycles. The molecule has 1 atom stereocenters. The third-order valence-corrected chi connectivity index (χ3v) is 4.19. The molecule has 1 unspecified atom stereocenters. The monoisotopic (exact) mass is 384 g/mol. The van der Waals surface area contributed by atoms with E-state index in [4.69, 9.17) is 14.0 Å². The summed E-state index contributed by atoms with van der Waals surface area (Å²) in [5, 5.41) is 3.83. The third-order valence-electron chi connectivity index (χ3n) is 4.19. The van der Waals surface area contributed by atoms with Crippen LogP contribution in [0.3, 0.4) is 0 Å². The van der Waals surface area contributed by atoms with Gasteiger partial charge in [0.2, 0.25) is 5.82 Å². The Labute approximate surface area is 162 Å². The van der Waals surface area contributed by atoms with Crippen molar-refractivity contribution in [2.75, 3.05) is 6.61 Å². The quantitative estimate of drug-likeness (QED) is 0.556. The molecule has 0 amide bonds. The molecule has 0 aliphatic carbocycles. The summed E-state index contributed by atoms with van der Waals surface area (Å²) in [5.41, 5.74) is 2.01. The van der Waals surface area contributed by atoms with Gasteiger partial charge in [0.1, 0.15) is 11.6 Å². The smallest absolute Gasteiger partial charge is 0.310 e. The van der Waals surface area contributed by atoms with E-state index in [1.54, 1.807) is 26.0 Å². The number of ether oxygens (including phenoxy) is 2. The molecule has 146 valence electrons. The van der Waals surface area contributed by atoms with Gasteiger partial charge in [0.05, 0.1) is 13.0 Å². The zero-order valence-corrected chi connectivity index (χ0v) is 15.9. The fourth-order valence-electron chi connectivity index (χ4n) is 2.52. The number of aromatic nitrogens is 2. The highest BCUT2D eigenvalue weighted by atomic mass is 19.1. The normalized spacial score (nSPS) is 11.9. The summed E-state index contributed by atoms with van der Waals surface area (Å²) in [6.07, 6.45) is -0.634. The molecule has 0 aliphatic rings. The van der Waals surface area contributed by atoms with E-state index >= 15 is 0 Å². The largest absolute Gasteiger partial charge is 0.493 e. The van der Waals surface area contributed by atoms with Crippen molar-refractivity contribution in [1.29, 1.82) is 0 Å². The number of rotatable bonds is 7. The van der Waals surface area contributed by atoms with Gasteiger partial charge in [0, 0.05) is 5.56 Å². The molecule has 0 saturated carbocycles. The van der Waals surface area contributed by atoms with E-state index in [1.807, 2.05) is 31.2 Å². The van der Waals surface area contributed by atoms with Crippen LogP contribution in [0, 0.1) is 19.7 Å². The van der Waals surface area contributed by atoms with E-state index in [1.165, 1.54) is 6.07 Å². The number of para-hydroxylation sites is 1. The predicted molar refractivity (Wildman–Crippen MR) is 100 cm³/mol. The minimum atomic E-state index is -0.720. The van der Waals surface area contributed by atoms with Crippen molar-refractivity contribution in [3.8, 4) is 17.1 Å². The number of esters is 1. The number of carbonyl (C=O) groups excluding carboxylic acids is 1. The third kappa shape index (κ3) is 4.73. The second kappa shape index (κ2) is 8.65. The summed E-state index contributed by atoms with van der Waals surface area (Å²) in [4.78, 5) is 16.2. The minimum absolute atomic E-state index is 0.0862. The molecule has 1 heterocycles. The van der Waals surface area contributed by atoms with E-state index in [2.05, 4.69) is 10.1 Å². The maximum absolute atomic E-state index is 13.7. The van der Waals surface area contributed by atoms with Crippen molar-refractivity contribution < 1.29 is 23.2 Å². The van der Waals surface area contributed by atoms with Crippen molar-refractivity contribution >= 4 is 5.97 Å². The molecule has 1 aromatic heterocycles. The first-order valence-corrected chi connectivity index (χ1v) is 8.92. The van der Waals surface area contributed by atoms with E-state index in [0.29, 0.717) is 11.1 Å². The number of hydrogen-bond acceptors (Lipinski definition) is 6. The van der Waals surface area contributed by atoms with Gasteiger partial charge in [0.25, 0.3) is 5.89 Å². The molecular formula is C21H21FN2O4. The second-order valence-electron chi connectivity index (χ2n) is 6.42. The van der Waals surface area contributed by atoms with E-state index in [0.717, 1.165) is 11.3 Å². The molecule has 3 rings (SSSR count). The van der Waals surface area contributed by atoms with E-state index in [-0.39, 0.29) is 30.6 Å². The molecule has 3 aromatic rings. The van der Waals surface area contributed by atoms with Crippen molar-refractivity contribution in [1.82, 2.24) is 10.1 Å². The van der Waals surface area contributed by atoms with Gasteiger partial charge in [-0.2, -0.15) is 4.98 Å². The summed E-state index contributed by atoms with van der Waals surface area (Å²) in [7, 11) is 0.